The largest absolute Gasteiger partial charge is 0.454 e. The highest BCUT2D eigenvalue weighted by atomic mass is 16.7. The molecular formula is C16H22N2O3. The molecule has 2 aliphatic rings. The smallest absolute Gasteiger partial charge is 0.256 e. The maximum atomic E-state index is 12.7. The van der Waals surface area contributed by atoms with Crippen molar-refractivity contribution in [3.63, 3.8) is 0 Å². The van der Waals surface area contributed by atoms with Gasteiger partial charge in [0.25, 0.3) is 5.91 Å². The highest BCUT2D eigenvalue weighted by Gasteiger charge is 2.25. The van der Waals surface area contributed by atoms with Gasteiger partial charge in [-0.25, -0.2) is 0 Å². The first-order valence-corrected chi connectivity index (χ1v) is 7.67. The molecule has 0 saturated carbocycles. The molecule has 1 atom stereocenters. The van der Waals surface area contributed by atoms with Crippen LogP contribution >= 0.6 is 0 Å². The molecule has 1 amide bonds. The number of nitrogens with zero attached hydrogens (tertiary/aromatic N) is 1. The molecule has 0 radical (unpaired) electrons. The standard InChI is InChI=1S/C16H22N2O3/c1-2-11-4-3-6-18(7-5-11)16(19)12-8-14-15(9-13(12)17)21-10-20-14/h8-9,11H,2-7,10,17H2,1H3. The van der Waals surface area contributed by atoms with Gasteiger partial charge in [-0.2, -0.15) is 0 Å². The lowest BCUT2D eigenvalue weighted by atomic mass is 9.98. The molecule has 3 rings (SSSR count). The van der Waals surface area contributed by atoms with Crippen molar-refractivity contribution in [2.75, 3.05) is 25.6 Å². The van der Waals surface area contributed by atoms with E-state index < -0.39 is 0 Å². The number of fused-ring (bicyclic) bond motifs is 1. The number of nitrogens with two attached hydrogens (primary N) is 1. The van der Waals surface area contributed by atoms with E-state index >= 15 is 0 Å². The normalized spacial score (nSPS) is 21.2. The van der Waals surface area contributed by atoms with Gasteiger partial charge >= 0.3 is 0 Å². The molecule has 1 unspecified atom stereocenters. The summed E-state index contributed by atoms with van der Waals surface area (Å²) in [4.78, 5) is 14.6. The Morgan fingerprint density at radius 1 is 1.29 bits per heavy atom. The molecule has 0 spiro atoms. The van der Waals surface area contributed by atoms with Crippen LogP contribution in [-0.4, -0.2) is 30.7 Å². The van der Waals surface area contributed by atoms with Gasteiger partial charge in [0.15, 0.2) is 11.5 Å². The molecular weight excluding hydrogens is 268 g/mol. The molecule has 114 valence electrons. The minimum absolute atomic E-state index is 0.00236. The van der Waals surface area contributed by atoms with Crippen molar-refractivity contribution < 1.29 is 14.3 Å². The first-order valence-electron chi connectivity index (χ1n) is 7.67. The van der Waals surface area contributed by atoms with Crippen LogP contribution in [-0.2, 0) is 0 Å². The van der Waals surface area contributed by atoms with E-state index in [1.807, 2.05) is 4.90 Å². The first-order chi connectivity index (χ1) is 10.2. The molecule has 5 nitrogen and oxygen atoms in total. The van der Waals surface area contributed by atoms with Crippen LogP contribution in [0.15, 0.2) is 12.1 Å². The number of hydrogen-bond acceptors (Lipinski definition) is 4. The molecule has 0 aromatic heterocycles. The van der Waals surface area contributed by atoms with Crippen LogP contribution in [0.5, 0.6) is 11.5 Å². The van der Waals surface area contributed by atoms with Gasteiger partial charge in [0.1, 0.15) is 0 Å². The van der Waals surface area contributed by atoms with Crippen LogP contribution in [0.3, 0.4) is 0 Å². The van der Waals surface area contributed by atoms with Gasteiger partial charge in [-0.15, -0.1) is 0 Å². The summed E-state index contributed by atoms with van der Waals surface area (Å²) < 4.78 is 10.6. The first kappa shape index (κ1) is 14.0. The van der Waals surface area contributed by atoms with Crippen LogP contribution in [0, 0.1) is 5.92 Å². The molecule has 1 saturated heterocycles. The summed E-state index contributed by atoms with van der Waals surface area (Å²) in [6.45, 7) is 4.03. The van der Waals surface area contributed by atoms with Crippen molar-refractivity contribution in [2.24, 2.45) is 5.92 Å². The van der Waals surface area contributed by atoms with Crippen molar-refractivity contribution in [2.45, 2.75) is 32.6 Å². The molecule has 5 heteroatoms. The van der Waals surface area contributed by atoms with Crippen molar-refractivity contribution in [3.05, 3.63) is 17.7 Å². The predicted octanol–water partition coefficient (Wildman–Crippen LogP) is 2.65. The Kier molecular flexibility index (Phi) is 3.90. The molecule has 2 N–H and O–H groups in total. The van der Waals surface area contributed by atoms with Gasteiger partial charge < -0.3 is 20.1 Å². The summed E-state index contributed by atoms with van der Waals surface area (Å²) in [6, 6.07) is 3.39. The highest BCUT2D eigenvalue weighted by molar-refractivity contribution is 6.00. The predicted molar refractivity (Wildman–Crippen MR) is 80.5 cm³/mol. The Morgan fingerprint density at radius 2 is 2.05 bits per heavy atom. The highest BCUT2D eigenvalue weighted by Crippen LogP contribution is 2.36. The Labute approximate surface area is 125 Å². The van der Waals surface area contributed by atoms with Gasteiger partial charge in [-0.3, -0.25) is 4.79 Å². The fourth-order valence-corrected chi connectivity index (χ4v) is 3.09. The van der Waals surface area contributed by atoms with E-state index in [2.05, 4.69) is 6.92 Å². The minimum Gasteiger partial charge on any atom is -0.454 e. The zero-order valence-electron chi connectivity index (χ0n) is 12.4. The van der Waals surface area contributed by atoms with E-state index in [0.717, 1.165) is 31.8 Å². The van der Waals surface area contributed by atoms with Gasteiger partial charge in [-0.1, -0.05) is 13.3 Å². The van der Waals surface area contributed by atoms with E-state index in [1.165, 1.54) is 12.8 Å². The van der Waals surface area contributed by atoms with Crippen LogP contribution in [0.4, 0.5) is 5.69 Å². The zero-order chi connectivity index (χ0) is 14.8. The number of benzene rings is 1. The zero-order valence-corrected chi connectivity index (χ0v) is 12.4. The average molecular weight is 290 g/mol. The summed E-state index contributed by atoms with van der Waals surface area (Å²) in [5.41, 5.74) is 6.99. The lowest BCUT2D eigenvalue weighted by molar-refractivity contribution is 0.0760. The molecule has 1 aromatic rings. The number of carbonyl (C=O) groups is 1. The van der Waals surface area contributed by atoms with E-state index in [9.17, 15) is 4.79 Å². The molecule has 2 aliphatic heterocycles. The Bertz CT molecular complexity index is 545. The van der Waals surface area contributed by atoms with Crippen molar-refractivity contribution in [1.82, 2.24) is 4.90 Å². The maximum absolute atomic E-state index is 12.7. The van der Waals surface area contributed by atoms with Gasteiger partial charge in [0, 0.05) is 24.8 Å². The molecule has 21 heavy (non-hydrogen) atoms. The average Bonchev–Trinajstić information content (AvgIpc) is 2.80. The van der Waals surface area contributed by atoms with E-state index in [4.69, 9.17) is 15.2 Å². The Balaban J connectivity index is 1.79. The minimum atomic E-state index is 0.00236. The molecule has 1 aromatic carbocycles. The van der Waals surface area contributed by atoms with E-state index in [-0.39, 0.29) is 12.7 Å². The monoisotopic (exact) mass is 290 g/mol. The maximum Gasteiger partial charge on any atom is 0.256 e. The third-order valence-electron chi connectivity index (χ3n) is 4.49. The fourth-order valence-electron chi connectivity index (χ4n) is 3.09. The van der Waals surface area contributed by atoms with E-state index in [0.29, 0.717) is 22.7 Å². The topological polar surface area (TPSA) is 64.8 Å². The van der Waals surface area contributed by atoms with Gasteiger partial charge in [-0.05, 0) is 31.2 Å². The number of anilines is 1. The summed E-state index contributed by atoms with van der Waals surface area (Å²) >= 11 is 0. The summed E-state index contributed by atoms with van der Waals surface area (Å²) in [5.74, 6) is 1.96. The Morgan fingerprint density at radius 3 is 2.81 bits per heavy atom. The van der Waals surface area contributed by atoms with Gasteiger partial charge in [0.05, 0.1) is 5.56 Å². The van der Waals surface area contributed by atoms with Crippen molar-refractivity contribution in [1.29, 1.82) is 0 Å². The third-order valence-corrected chi connectivity index (χ3v) is 4.49. The number of rotatable bonds is 2. The van der Waals surface area contributed by atoms with E-state index in [1.54, 1.807) is 12.1 Å². The second kappa shape index (κ2) is 5.84. The van der Waals surface area contributed by atoms with Crippen LogP contribution in [0.25, 0.3) is 0 Å². The summed E-state index contributed by atoms with van der Waals surface area (Å²) in [7, 11) is 0. The second-order valence-electron chi connectivity index (χ2n) is 5.79. The quantitative estimate of drug-likeness (QED) is 0.850. The molecule has 0 aliphatic carbocycles. The molecule has 2 heterocycles. The Hall–Kier alpha value is -1.91. The molecule has 1 fully saturated rings. The second-order valence-corrected chi connectivity index (χ2v) is 5.79. The van der Waals surface area contributed by atoms with Crippen molar-refractivity contribution >= 4 is 11.6 Å². The van der Waals surface area contributed by atoms with Crippen LogP contribution in [0.2, 0.25) is 0 Å². The van der Waals surface area contributed by atoms with Crippen LogP contribution < -0.4 is 15.2 Å². The SMILES string of the molecule is CCC1CCCN(C(=O)c2cc3c(cc2N)OCO3)CC1. The lowest BCUT2D eigenvalue weighted by Gasteiger charge is -2.21. The van der Waals surface area contributed by atoms with Crippen molar-refractivity contribution in [3.8, 4) is 11.5 Å². The third kappa shape index (κ3) is 2.77. The number of amides is 1. The van der Waals surface area contributed by atoms with Gasteiger partial charge in [0.2, 0.25) is 6.79 Å². The number of ether oxygens (including phenoxy) is 2. The summed E-state index contributed by atoms with van der Waals surface area (Å²) in [5, 5.41) is 0. The number of nitrogen functional groups attached to an aromatic ring is 1. The summed E-state index contributed by atoms with van der Waals surface area (Å²) in [6.07, 6.45) is 4.53. The number of carbonyl (C=O) groups excluding carboxylic acids is 1. The molecule has 0 bridgehead atoms. The number of hydrogen-bond donors (Lipinski definition) is 1. The number of likely N-dealkylation sites (tertiary alicyclic amines) is 1. The fraction of sp³-hybridized carbons (Fsp3) is 0.562. The lowest BCUT2D eigenvalue weighted by Crippen LogP contribution is -2.32. The van der Waals surface area contributed by atoms with Crippen LogP contribution in [0.1, 0.15) is 43.0 Å².